The van der Waals surface area contributed by atoms with Crippen molar-refractivity contribution >= 4 is 57.5 Å². The van der Waals surface area contributed by atoms with E-state index in [0.717, 1.165) is 15.5 Å². The van der Waals surface area contributed by atoms with Gasteiger partial charge in [0, 0.05) is 0 Å². The number of nitrogen functional groups attached to an aromatic ring is 2. The van der Waals surface area contributed by atoms with Gasteiger partial charge in [0.25, 0.3) is 16.7 Å². The van der Waals surface area contributed by atoms with E-state index in [1.54, 1.807) is 0 Å². The van der Waals surface area contributed by atoms with Gasteiger partial charge < -0.3 is 56.0 Å². The minimum Gasteiger partial charge on any atom is -0.388 e. The Balaban J connectivity index is 1.05. The number of aromatic amines is 2. The quantitative estimate of drug-likeness (QED) is 0.0479. The van der Waals surface area contributed by atoms with Crippen LogP contribution in [-0.4, -0.2) is 119 Å². The number of phosphoric ester groups is 1. The van der Waals surface area contributed by atoms with Crippen molar-refractivity contribution in [3.8, 4) is 0 Å². The van der Waals surface area contributed by atoms with E-state index < -0.39 is 103 Å². The van der Waals surface area contributed by atoms with Crippen molar-refractivity contribution in [3.63, 3.8) is 0 Å². The van der Waals surface area contributed by atoms with Crippen molar-refractivity contribution in [2.75, 3.05) is 24.2 Å². The number of aryl methyl sites for hydroxylation is 1. The fraction of sp³-hybridized carbons (Fsp3) is 0.545. The molecule has 2 fully saturated rings. The summed E-state index contributed by atoms with van der Waals surface area (Å²) < 4.78 is 65.4. The highest BCUT2D eigenvalue weighted by Crippen LogP contribution is 2.67. The molecule has 286 valence electrons. The number of hydrogen-bond acceptors (Lipinski definition) is 19. The second-order valence-corrected chi connectivity index (χ2v) is 16.8. The van der Waals surface area contributed by atoms with E-state index in [0.29, 0.717) is 0 Å². The third-order valence-electron chi connectivity index (χ3n) is 8.00. The molecule has 0 amide bonds. The van der Waals surface area contributed by atoms with Crippen LogP contribution in [0.25, 0.3) is 22.3 Å². The molecule has 30 heteroatoms. The van der Waals surface area contributed by atoms with Crippen molar-refractivity contribution in [3.05, 3.63) is 33.4 Å². The Hall–Kier alpha value is -3.49. The van der Waals surface area contributed by atoms with Gasteiger partial charge >= 0.3 is 28.8 Å². The number of aliphatic hydroxyl groups excluding tert-OH is 4. The summed E-state index contributed by atoms with van der Waals surface area (Å²) >= 11 is 0. The zero-order valence-corrected chi connectivity index (χ0v) is 29.0. The molecule has 0 spiro atoms. The molecule has 11 atom stereocenters. The summed E-state index contributed by atoms with van der Waals surface area (Å²) in [6.45, 7) is -1.05. The van der Waals surface area contributed by atoms with Crippen molar-refractivity contribution < 1.29 is 76.0 Å². The van der Waals surface area contributed by atoms with Gasteiger partial charge in [-0.3, -0.25) is 33.2 Å². The number of imidazole rings is 2. The summed E-state index contributed by atoms with van der Waals surface area (Å²) in [5, 5.41) is 42.2. The lowest BCUT2D eigenvalue weighted by Gasteiger charge is -2.21. The molecule has 27 nitrogen and oxygen atoms in total. The molecule has 0 aliphatic carbocycles. The first-order chi connectivity index (χ1) is 24.2. The third-order valence-corrected chi connectivity index (χ3v) is 12.8. The number of fused-ring (bicyclic) bond motifs is 2. The Kier molecular flexibility index (Phi) is 10.1. The first kappa shape index (κ1) is 38.2. The summed E-state index contributed by atoms with van der Waals surface area (Å²) in [6, 6.07) is 0. The first-order valence-corrected chi connectivity index (χ1v) is 19.5. The minimum absolute atomic E-state index is 0.0200. The van der Waals surface area contributed by atoms with E-state index in [-0.39, 0.29) is 34.2 Å². The Bertz CT molecular complexity index is 2280. The van der Waals surface area contributed by atoms with Crippen LogP contribution in [0, 0.1) is 0 Å². The highest BCUT2D eigenvalue weighted by Gasteiger charge is 2.50. The van der Waals surface area contributed by atoms with E-state index in [4.69, 9.17) is 20.9 Å². The minimum atomic E-state index is -5.88. The number of nitrogens with two attached hydrogens (primary N) is 2. The summed E-state index contributed by atoms with van der Waals surface area (Å²) in [6.07, 6.45) is -12.0. The van der Waals surface area contributed by atoms with Gasteiger partial charge in [-0.15, -0.1) is 0 Å². The molecule has 0 aromatic carbocycles. The molecule has 13 N–H and O–H groups in total. The zero-order valence-electron chi connectivity index (χ0n) is 26.3. The van der Waals surface area contributed by atoms with Gasteiger partial charge in [0.15, 0.2) is 17.4 Å². The number of nitrogens with one attached hydrogen (secondary N) is 2. The average Bonchev–Trinajstić information content (AvgIpc) is 3.74. The van der Waals surface area contributed by atoms with Gasteiger partial charge in [-0.25, -0.2) is 23.0 Å². The van der Waals surface area contributed by atoms with Gasteiger partial charge in [-0.1, -0.05) is 0 Å². The molecule has 52 heavy (non-hydrogen) atoms. The molecule has 5 unspecified atom stereocenters. The number of nitrogens with zero attached hydrogens (tertiary/aromatic N) is 6. The summed E-state index contributed by atoms with van der Waals surface area (Å²) in [4.78, 5) is 71.1. The Labute approximate surface area is 287 Å². The van der Waals surface area contributed by atoms with Crippen LogP contribution in [0.4, 0.5) is 11.9 Å². The fourth-order valence-corrected chi connectivity index (χ4v) is 9.86. The maximum atomic E-state index is 12.7. The predicted molar refractivity (Wildman–Crippen MR) is 167 cm³/mol. The summed E-state index contributed by atoms with van der Waals surface area (Å²) in [5.74, 6) is -0.556. The second kappa shape index (κ2) is 13.7. The monoisotopic (exact) mass is 801 g/mol. The van der Waals surface area contributed by atoms with Crippen LogP contribution in [0.1, 0.15) is 18.9 Å². The van der Waals surface area contributed by atoms with E-state index in [9.17, 15) is 58.4 Å². The van der Waals surface area contributed by atoms with Crippen molar-refractivity contribution in [1.82, 2.24) is 34.1 Å². The van der Waals surface area contributed by atoms with E-state index in [1.807, 2.05) is 0 Å². The van der Waals surface area contributed by atoms with Gasteiger partial charge in [-0.05, 0) is 6.42 Å². The van der Waals surface area contributed by atoms with Gasteiger partial charge in [0.2, 0.25) is 24.5 Å². The number of aliphatic hydroxyl groups is 4. The summed E-state index contributed by atoms with van der Waals surface area (Å²) in [5.41, 5.74) is 9.53. The number of hydrogen-bond donors (Lipinski definition) is 11. The van der Waals surface area contributed by atoms with Crippen molar-refractivity contribution in [2.45, 2.75) is 55.5 Å². The van der Waals surface area contributed by atoms with Crippen LogP contribution < -0.4 is 27.2 Å². The average molecular weight is 801 g/mol. The number of anilines is 2. The number of aromatic nitrogens is 8. The number of phosphoric acid groups is 2. The Morgan fingerprint density at radius 3 is 2.10 bits per heavy atom. The largest absolute Gasteiger partial charge is 0.488 e. The first-order valence-electron chi connectivity index (χ1n) is 14.7. The topological polar surface area (TPSA) is 409 Å². The molecule has 0 bridgehead atoms. The van der Waals surface area contributed by atoms with E-state index in [2.05, 4.69) is 38.1 Å². The van der Waals surface area contributed by atoms with Crippen LogP contribution in [0.5, 0.6) is 0 Å². The predicted octanol–water partition coefficient (Wildman–Crippen LogP) is -4.09. The molecule has 6 rings (SSSR count). The number of H-pyrrole nitrogens is 2. The normalized spacial score (nSPS) is 30.1. The van der Waals surface area contributed by atoms with Gasteiger partial charge in [-0.2, -0.15) is 18.8 Å². The van der Waals surface area contributed by atoms with Gasteiger partial charge in [0.1, 0.15) is 30.5 Å². The maximum Gasteiger partial charge on any atom is 0.488 e. The van der Waals surface area contributed by atoms with Crippen molar-refractivity contribution in [1.29, 1.82) is 0 Å². The fourth-order valence-electron chi connectivity index (χ4n) is 5.71. The maximum absolute atomic E-state index is 12.7. The number of ether oxygens (including phenoxy) is 2. The SMILES string of the molecule is C[n+]1cn([C@@H]2O[C@H](COP(=O)(O)OP(=O)(O)OP(=O)(O)CC[C@H]3O[C@@H](n4cnc5c(=O)[nH]c(N)nc54)[C@@H](O)C3O)C(O)[C@@H]2O)c2nc(N)[nH]c(=O)c21. The second-order valence-electron chi connectivity index (χ2n) is 11.7. The molecular weight excluding hydrogens is 769 g/mol. The molecular formula is C22H32N10O17P3+. The highest BCUT2D eigenvalue weighted by atomic mass is 31.3. The van der Waals surface area contributed by atoms with Crippen LogP contribution in [0.3, 0.4) is 0 Å². The molecule has 0 radical (unpaired) electrons. The smallest absolute Gasteiger partial charge is 0.388 e. The van der Waals surface area contributed by atoms with Crippen LogP contribution >= 0.6 is 23.2 Å². The lowest BCUT2D eigenvalue weighted by Crippen LogP contribution is -2.34. The van der Waals surface area contributed by atoms with E-state index >= 15 is 0 Å². The zero-order chi connectivity index (χ0) is 38.1. The number of rotatable bonds is 12. The van der Waals surface area contributed by atoms with Gasteiger partial charge in [0.05, 0.1) is 32.2 Å². The van der Waals surface area contributed by atoms with Crippen LogP contribution in [0.2, 0.25) is 0 Å². The highest BCUT2D eigenvalue weighted by molar-refractivity contribution is 7.68. The Morgan fingerprint density at radius 2 is 1.42 bits per heavy atom. The van der Waals surface area contributed by atoms with E-state index in [1.165, 1.54) is 17.9 Å². The molecule has 2 aliphatic rings. The molecule has 4 aromatic rings. The lowest BCUT2D eigenvalue weighted by atomic mass is 10.1. The molecule has 6 heterocycles. The summed E-state index contributed by atoms with van der Waals surface area (Å²) in [7, 11) is -15.2. The Morgan fingerprint density at radius 1 is 0.846 bits per heavy atom. The molecule has 4 aromatic heterocycles. The molecule has 2 saturated heterocycles. The van der Waals surface area contributed by atoms with Crippen LogP contribution in [0.15, 0.2) is 22.2 Å². The molecule has 0 saturated carbocycles. The lowest BCUT2D eigenvalue weighted by molar-refractivity contribution is -0.646. The molecule has 2 aliphatic heterocycles. The van der Waals surface area contributed by atoms with Crippen molar-refractivity contribution in [2.24, 2.45) is 7.05 Å². The standard InChI is InChI=1S/C22H31N10O17P3/c1-30-6-32(16-10(30)18(38)29-22(24)27-16)20-14(36)12(34)8(47-20)4-45-51(41,42)49-52(43,44)48-50(39,40)3-2-7-11(33)13(35)19(46-7)31-5-25-9-15(31)26-21(23)28-17(9)37/h5-8,11-14,19-20,33-36H,2-4H2,1H3,(H8-,23,24,26,27,28,29,37,38,39,40,41,42,43,44)/p+1/t7-,8-,11?,12?,13+,14+,19-,20-/m1/s1. The van der Waals surface area contributed by atoms with Crippen LogP contribution in [-0.2, 0) is 43.4 Å². The third kappa shape index (κ3) is 7.48.